The molecule has 1 aromatic carbocycles. The molecule has 1 amide bonds. The number of amides is 1. The van der Waals surface area contributed by atoms with E-state index in [0.717, 1.165) is 61.1 Å². The molecule has 3 rings (SSSR count). The van der Waals surface area contributed by atoms with Gasteiger partial charge in [0.05, 0.1) is 0 Å². The minimum absolute atomic E-state index is 0.148. The van der Waals surface area contributed by atoms with E-state index in [1.54, 1.807) is 37.8 Å². The Balaban J connectivity index is 1.68. The monoisotopic (exact) mass is 423 g/mol. The Morgan fingerprint density at radius 3 is 2.45 bits per heavy atom. The Morgan fingerprint density at radius 2 is 1.84 bits per heavy atom. The third-order valence-electron chi connectivity index (χ3n) is 5.25. The first-order valence-corrected chi connectivity index (χ1v) is 10.2. The predicted molar refractivity (Wildman–Crippen MR) is 122 cm³/mol. The van der Waals surface area contributed by atoms with E-state index in [4.69, 9.17) is 16.2 Å². The second-order valence-electron chi connectivity index (χ2n) is 7.27. The van der Waals surface area contributed by atoms with Crippen molar-refractivity contribution < 1.29 is 9.53 Å². The van der Waals surface area contributed by atoms with Crippen LogP contribution in [-0.2, 0) is 4.79 Å². The number of carbonyl (C=O) groups is 1. The van der Waals surface area contributed by atoms with Crippen LogP contribution in [0.4, 0.5) is 5.82 Å². The summed E-state index contributed by atoms with van der Waals surface area (Å²) < 4.78 is 5.33. The van der Waals surface area contributed by atoms with Crippen molar-refractivity contribution in [3.8, 4) is 17.0 Å². The molecule has 0 unspecified atom stereocenters. The molecule has 0 spiro atoms. The molecule has 9 nitrogen and oxygen atoms in total. The van der Waals surface area contributed by atoms with Crippen molar-refractivity contribution in [3.05, 3.63) is 48.4 Å². The molecule has 0 saturated carbocycles. The Bertz CT molecular complexity index is 949. The number of hydrogen-bond acceptors (Lipinski definition) is 8. The lowest BCUT2D eigenvalue weighted by atomic mass is 10.1. The molecule has 0 bridgehead atoms. The van der Waals surface area contributed by atoms with Crippen LogP contribution in [0.5, 0.6) is 5.75 Å². The standard InChI is InChI=1S/C22H29N7O2/c1-16(25-2)18(13-23)14-28-9-11-29(12-10-28)22-21(26-7-8-27-22)17-3-5-19(6-4-17)31-15-20(24)30/h3-8,13H,9-12,14-15,23H2,1-2H3,(H2,24,30). The summed E-state index contributed by atoms with van der Waals surface area (Å²) in [7, 11) is 1.78. The largest absolute Gasteiger partial charge is 0.484 e. The molecule has 4 N–H and O–H groups in total. The minimum Gasteiger partial charge on any atom is -0.484 e. The van der Waals surface area contributed by atoms with Crippen molar-refractivity contribution in [2.45, 2.75) is 6.92 Å². The van der Waals surface area contributed by atoms with Gasteiger partial charge in [-0.3, -0.25) is 19.7 Å². The average molecular weight is 424 g/mol. The van der Waals surface area contributed by atoms with Gasteiger partial charge in [0.2, 0.25) is 0 Å². The number of carbonyl (C=O) groups excluding carboxylic acids is 1. The first kappa shape index (κ1) is 22.2. The van der Waals surface area contributed by atoms with E-state index in [1.807, 2.05) is 19.1 Å². The van der Waals surface area contributed by atoms with Crippen molar-refractivity contribution in [1.29, 1.82) is 0 Å². The summed E-state index contributed by atoms with van der Waals surface area (Å²) >= 11 is 0. The Hall–Kier alpha value is -3.46. The second kappa shape index (κ2) is 10.5. The molecule has 1 aliphatic rings. The molecule has 31 heavy (non-hydrogen) atoms. The fourth-order valence-corrected chi connectivity index (χ4v) is 3.42. The van der Waals surface area contributed by atoms with Gasteiger partial charge in [-0.1, -0.05) is 0 Å². The summed E-state index contributed by atoms with van der Waals surface area (Å²) in [6.07, 6.45) is 5.05. The Morgan fingerprint density at radius 1 is 1.16 bits per heavy atom. The van der Waals surface area contributed by atoms with Gasteiger partial charge in [-0.2, -0.15) is 0 Å². The third-order valence-corrected chi connectivity index (χ3v) is 5.25. The minimum atomic E-state index is -0.509. The molecule has 2 heterocycles. The van der Waals surface area contributed by atoms with Gasteiger partial charge < -0.3 is 21.1 Å². The number of aromatic nitrogens is 2. The summed E-state index contributed by atoms with van der Waals surface area (Å²) in [5.74, 6) is 0.927. The zero-order valence-corrected chi connectivity index (χ0v) is 18.0. The average Bonchev–Trinajstić information content (AvgIpc) is 2.81. The lowest BCUT2D eigenvalue weighted by Crippen LogP contribution is -2.47. The molecule has 0 atom stereocenters. The van der Waals surface area contributed by atoms with Gasteiger partial charge >= 0.3 is 0 Å². The van der Waals surface area contributed by atoms with Gasteiger partial charge in [0.25, 0.3) is 5.91 Å². The summed E-state index contributed by atoms with van der Waals surface area (Å²) in [5.41, 5.74) is 14.7. The number of hydrogen-bond donors (Lipinski definition) is 2. The normalized spacial score (nSPS) is 15.7. The number of ether oxygens (including phenoxy) is 1. The van der Waals surface area contributed by atoms with Gasteiger partial charge in [0.1, 0.15) is 11.4 Å². The Labute approximate surface area is 182 Å². The van der Waals surface area contributed by atoms with Gasteiger partial charge in [0, 0.05) is 75.2 Å². The van der Waals surface area contributed by atoms with Crippen LogP contribution in [0.2, 0.25) is 0 Å². The molecule has 1 fully saturated rings. The number of nitrogens with two attached hydrogens (primary N) is 2. The molecule has 1 aromatic heterocycles. The zero-order valence-electron chi connectivity index (χ0n) is 18.0. The van der Waals surface area contributed by atoms with Crippen molar-refractivity contribution in [1.82, 2.24) is 14.9 Å². The quantitative estimate of drug-likeness (QED) is 0.609. The maximum absolute atomic E-state index is 10.9. The topological polar surface area (TPSA) is 123 Å². The van der Waals surface area contributed by atoms with Crippen LogP contribution in [0, 0.1) is 0 Å². The van der Waals surface area contributed by atoms with Gasteiger partial charge in [0.15, 0.2) is 12.4 Å². The number of aliphatic imine (C=N–C) groups is 1. The highest BCUT2D eigenvalue weighted by molar-refractivity contribution is 5.98. The lowest BCUT2D eigenvalue weighted by molar-refractivity contribution is -0.119. The van der Waals surface area contributed by atoms with Crippen LogP contribution in [0.15, 0.2) is 53.4 Å². The Kier molecular flexibility index (Phi) is 7.55. The van der Waals surface area contributed by atoms with Crippen molar-refractivity contribution in [2.75, 3.05) is 51.3 Å². The van der Waals surface area contributed by atoms with E-state index in [1.165, 1.54) is 0 Å². The van der Waals surface area contributed by atoms with Crippen LogP contribution >= 0.6 is 0 Å². The molecular formula is C22H29N7O2. The van der Waals surface area contributed by atoms with Gasteiger partial charge in [-0.15, -0.1) is 0 Å². The first-order valence-electron chi connectivity index (χ1n) is 10.2. The van der Waals surface area contributed by atoms with Crippen LogP contribution in [0.1, 0.15) is 6.92 Å². The number of piperazine rings is 1. The highest BCUT2D eigenvalue weighted by Gasteiger charge is 2.22. The van der Waals surface area contributed by atoms with Crippen molar-refractivity contribution in [2.24, 2.45) is 16.5 Å². The highest BCUT2D eigenvalue weighted by Crippen LogP contribution is 2.28. The van der Waals surface area contributed by atoms with E-state index in [-0.39, 0.29) is 6.61 Å². The van der Waals surface area contributed by atoms with E-state index < -0.39 is 5.91 Å². The summed E-state index contributed by atoms with van der Waals surface area (Å²) in [6, 6.07) is 7.41. The summed E-state index contributed by atoms with van der Waals surface area (Å²) in [6.45, 7) is 6.08. The van der Waals surface area contributed by atoms with E-state index in [9.17, 15) is 4.79 Å². The van der Waals surface area contributed by atoms with Crippen LogP contribution in [-0.4, -0.2) is 72.9 Å². The smallest absolute Gasteiger partial charge is 0.255 e. The van der Waals surface area contributed by atoms with E-state index in [2.05, 4.69) is 24.8 Å². The predicted octanol–water partition coefficient (Wildman–Crippen LogP) is 1.06. The van der Waals surface area contributed by atoms with Crippen LogP contribution in [0.25, 0.3) is 11.3 Å². The second-order valence-corrected chi connectivity index (χ2v) is 7.27. The number of primary amides is 1. The summed E-state index contributed by atoms with van der Waals surface area (Å²) in [5, 5.41) is 0. The molecule has 1 saturated heterocycles. The highest BCUT2D eigenvalue weighted by atomic mass is 16.5. The fourth-order valence-electron chi connectivity index (χ4n) is 3.42. The number of rotatable bonds is 8. The van der Waals surface area contributed by atoms with Crippen LogP contribution < -0.4 is 21.1 Å². The first-order chi connectivity index (χ1) is 15.0. The molecule has 164 valence electrons. The number of anilines is 1. The zero-order chi connectivity index (χ0) is 22.2. The molecule has 9 heteroatoms. The SMILES string of the molecule is CN=C(C)C(=CN)CN1CCN(c2nccnc2-c2ccc(OCC(N)=O)cc2)CC1. The van der Waals surface area contributed by atoms with Crippen LogP contribution in [0.3, 0.4) is 0 Å². The van der Waals surface area contributed by atoms with Crippen molar-refractivity contribution >= 4 is 17.4 Å². The van der Waals surface area contributed by atoms with E-state index in [0.29, 0.717) is 5.75 Å². The molecule has 0 aliphatic carbocycles. The maximum Gasteiger partial charge on any atom is 0.255 e. The van der Waals surface area contributed by atoms with Gasteiger partial charge in [-0.25, -0.2) is 4.98 Å². The lowest BCUT2D eigenvalue weighted by Gasteiger charge is -2.36. The van der Waals surface area contributed by atoms with Crippen molar-refractivity contribution in [3.63, 3.8) is 0 Å². The molecule has 0 radical (unpaired) electrons. The number of nitrogens with zero attached hydrogens (tertiary/aromatic N) is 5. The molecule has 1 aliphatic heterocycles. The van der Waals surface area contributed by atoms with E-state index >= 15 is 0 Å². The number of benzene rings is 1. The van der Waals surface area contributed by atoms with Gasteiger partial charge in [-0.05, 0) is 31.2 Å². The maximum atomic E-state index is 10.9. The summed E-state index contributed by atoms with van der Waals surface area (Å²) in [4.78, 5) is 28.9. The fraction of sp³-hybridized carbons (Fsp3) is 0.364. The third kappa shape index (κ3) is 5.79. The molecule has 2 aromatic rings. The molecular weight excluding hydrogens is 394 g/mol.